The first-order valence-corrected chi connectivity index (χ1v) is 6.05. The highest BCUT2D eigenvalue weighted by Crippen LogP contribution is 2.21. The van der Waals surface area contributed by atoms with Crippen molar-refractivity contribution in [2.45, 2.75) is 20.5 Å². The van der Waals surface area contributed by atoms with Crippen LogP contribution in [-0.2, 0) is 11.3 Å². The fraction of sp³-hybridized carbons (Fsp3) is 0.286. The third-order valence-corrected chi connectivity index (χ3v) is 2.98. The number of nitrogens with zero attached hydrogens (tertiary/aromatic N) is 2. The van der Waals surface area contributed by atoms with Gasteiger partial charge in [-0.25, -0.2) is 15.8 Å². The summed E-state index contributed by atoms with van der Waals surface area (Å²) in [5.41, 5.74) is 6.77. The van der Waals surface area contributed by atoms with Crippen molar-refractivity contribution < 1.29 is 4.74 Å². The molecule has 0 fully saturated rings. The van der Waals surface area contributed by atoms with Crippen LogP contribution < -0.4 is 11.3 Å². The van der Waals surface area contributed by atoms with Gasteiger partial charge < -0.3 is 10.2 Å². The van der Waals surface area contributed by atoms with Crippen LogP contribution >= 0.6 is 0 Å². The number of nitrogen functional groups attached to an aromatic ring is 1. The molecular weight excluding hydrogens is 240 g/mol. The number of hydrogen-bond donors (Lipinski definition) is 2. The van der Waals surface area contributed by atoms with Crippen molar-refractivity contribution in [1.82, 2.24) is 9.97 Å². The molecule has 2 aromatic rings. The fourth-order valence-electron chi connectivity index (χ4n) is 1.80. The number of aryl methyl sites for hydroxylation is 2. The monoisotopic (exact) mass is 258 g/mol. The third kappa shape index (κ3) is 3.07. The van der Waals surface area contributed by atoms with Gasteiger partial charge in [0.25, 0.3) is 0 Å². The number of rotatable bonds is 4. The van der Waals surface area contributed by atoms with E-state index >= 15 is 0 Å². The topological polar surface area (TPSA) is 73.1 Å². The summed E-state index contributed by atoms with van der Waals surface area (Å²) >= 11 is 0. The highest BCUT2D eigenvalue weighted by atomic mass is 16.5. The van der Waals surface area contributed by atoms with Gasteiger partial charge >= 0.3 is 0 Å². The van der Waals surface area contributed by atoms with Crippen LogP contribution in [-0.4, -0.2) is 17.1 Å². The highest BCUT2D eigenvalue weighted by molar-refractivity contribution is 5.59. The number of benzene rings is 1. The lowest BCUT2D eigenvalue weighted by atomic mass is 10.1. The number of anilines is 1. The summed E-state index contributed by atoms with van der Waals surface area (Å²) in [4.78, 5) is 8.85. The Balaban J connectivity index is 2.47. The first-order chi connectivity index (χ1) is 9.13. The molecule has 5 nitrogen and oxygen atoms in total. The van der Waals surface area contributed by atoms with Crippen molar-refractivity contribution in [3.63, 3.8) is 0 Å². The van der Waals surface area contributed by atoms with E-state index in [9.17, 15) is 0 Å². The van der Waals surface area contributed by atoms with Gasteiger partial charge in [-0.1, -0.05) is 12.1 Å². The maximum Gasteiger partial charge on any atom is 0.161 e. The smallest absolute Gasteiger partial charge is 0.161 e. The van der Waals surface area contributed by atoms with Crippen LogP contribution in [0.2, 0.25) is 0 Å². The first kappa shape index (κ1) is 13.5. The second kappa shape index (κ2) is 5.77. The van der Waals surface area contributed by atoms with E-state index in [1.54, 1.807) is 13.2 Å². The molecule has 100 valence electrons. The summed E-state index contributed by atoms with van der Waals surface area (Å²) in [7, 11) is 1.63. The molecule has 0 aliphatic heterocycles. The number of ether oxygens (including phenoxy) is 1. The van der Waals surface area contributed by atoms with Gasteiger partial charge in [-0.2, -0.15) is 0 Å². The van der Waals surface area contributed by atoms with Crippen molar-refractivity contribution in [2.75, 3.05) is 12.5 Å². The van der Waals surface area contributed by atoms with Crippen LogP contribution in [0.3, 0.4) is 0 Å². The molecular formula is C14H18N4O. The van der Waals surface area contributed by atoms with Crippen LogP contribution in [0.1, 0.15) is 16.8 Å². The Morgan fingerprint density at radius 1 is 1.16 bits per heavy atom. The number of hydrazine groups is 1. The number of methoxy groups -OCH3 is 1. The van der Waals surface area contributed by atoms with E-state index in [1.807, 2.05) is 6.07 Å². The van der Waals surface area contributed by atoms with Crippen molar-refractivity contribution >= 4 is 5.82 Å². The molecule has 2 rings (SSSR count). The quantitative estimate of drug-likeness (QED) is 0.649. The van der Waals surface area contributed by atoms with Gasteiger partial charge in [0.15, 0.2) is 5.82 Å². The lowest BCUT2D eigenvalue weighted by molar-refractivity contribution is 0.181. The molecule has 0 aliphatic carbocycles. The van der Waals surface area contributed by atoms with Crippen LogP contribution in [0.25, 0.3) is 11.4 Å². The van der Waals surface area contributed by atoms with Crippen molar-refractivity contribution in [1.29, 1.82) is 0 Å². The van der Waals surface area contributed by atoms with Gasteiger partial charge in [-0.3, -0.25) is 0 Å². The molecule has 0 radical (unpaired) electrons. The Bertz CT molecular complexity index is 584. The maximum absolute atomic E-state index is 5.43. The molecule has 0 spiro atoms. The minimum absolute atomic E-state index is 0.426. The van der Waals surface area contributed by atoms with Crippen LogP contribution in [0.4, 0.5) is 5.82 Å². The Hall–Kier alpha value is -1.98. The van der Waals surface area contributed by atoms with Gasteiger partial charge in [0.1, 0.15) is 5.82 Å². The minimum atomic E-state index is 0.426. The van der Waals surface area contributed by atoms with Crippen LogP contribution in [0.5, 0.6) is 0 Å². The molecule has 0 amide bonds. The Morgan fingerprint density at radius 2 is 1.95 bits per heavy atom. The average molecular weight is 258 g/mol. The van der Waals surface area contributed by atoms with Gasteiger partial charge in [0, 0.05) is 18.7 Å². The Labute approximate surface area is 112 Å². The Morgan fingerprint density at radius 3 is 2.58 bits per heavy atom. The minimum Gasteiger partial charge on any atom is -0.378 e. The van der Waals surface area contributed by atoms with Crippen molar-refractivity contribution in [3.05, 3.63) is 41.1 Å². The summed E-state index contributed by atoms with van der Waals surface area (Å²) in [6.07, 6.45) is 0. The second-order valence-electron chi connectivity index (χ2n) is 4.44. The molecule has 0 aliphatic rings. The predicted octanol–water partition coefficient (Wildman–Crippen LogP) is 2.19. The zero-order valence-corrected chi connectivity index (χ0v) is 11.4. The molecule has 5 heteroatoms. The van der Waals surface area contributed by atoms with E-state index in [2.05, 4.69) is 41.4 Å². The predicted molar refractivity (Wildman–Crippen MR) is 75.5 cm³/mol. The Kier molecular flexibility index (Phi) is 4.09. The summed E-state index contributed by atoms with van der Waals surface area (Å²) in [6.45, 7) is 4.57. The lowest BCUT2D eigenvalue weighted by Gasteiger charge is -2.08. The maximum atomic E-state index is 5.43. The summed E-state index contributed by atoms with van der Waals surface area (Å²) < 4.78 is 5.10. The molecule has 0 bridgehead atoms. The molecule has 19 heavy (non-hydrogen) atoms. The van der Waals surface area contributed by atoms with E-state index in [0.29, 0.717) is 18.2 Å². The molecule has 0 saturated carbocycles. The van der Waals surface area contributed by atoms with Crippen LogP contribution in [0, 0.1) is 13.8 Å². The lowest BCUT2D eigenvalue weighted by Crippen LogP contribution is -2.11. The second-order valence-corrected chi connectivity index (χ2v) is 4.44. The number of hydrogen-bond acceptors (Lipinski definition) is 5. The van der Waals surface area contributed by atoms with Crippen molar-refractivity contribution in [2.24, 2.45) is 5.84 Å². The van der Waals surface area contributed by atoms with Crippen molar-refractivity contribution in [3.8, 4) is 11.4 Å². The summed E-state index contributed by atoms with van der Waals surface area (Å²) in [5.74, 6) is 6.66. The van der Waals surface area contributed by atoms with Gasteiger partial charge in [-0.15, -0.1) is 0 Å². The molecule has 1 aromatic carbocycles. The number of nitrogens with two attached hydrogens (primary N) is 1. The van der Waals surface area contributed by atoms with E-state index in [1.165, 1.54) is 11.1 Å². The molecule has 3 N–H and O–H groups in total. The standard InChI is InChI=1S/C14H18N4O/c1-9-4-5-11(6-10(9)2)14-16-12(8-19-3)7-13(17-14)18-15/h4-7H,8,15H2,1-3H3,(H,16,17,18). The summed E-state index contributed by atoms with van der Waals surface area (Å²) in [6, 6.07) is 7.91. The zero-order chi connectivity index (χ0) is 13.8. The SMILES string of the molecule is COCc1cc(NN)nc(-c2ccc(C)c(C)c2)n1. The van der Waals surface area contributed by atoms with Gasteiger partial charge in [0.2, 0.25) is 0 Å². The number of aromatic nitrogens is 2. The molecule has 1 aromatic heterocycles. The van der Waals surface area contributed by atoms with E-state index in [4.69, 9.17) is 10.6 Å². The van der Waals surface area contributed by atoms with Gasteiger partial charge in [-0.05, 0) is 31.0 Å². The molecule has 0 saturated heterocycles. The van der Waals surface area contributed by atoms with E-state index in [0.717, 1.165) is 11.3 Å². The van der Waals surface area contributed by atoms with E-state index < -0.39 is 0 Å². The first-order valence-electron chi connectivity index (χ1n) is 6.05. The van der Waals surface area contributed by atoms with Crippen LogP contribution in [0.15, 0.2) is 24.3 Å². The van der Waals surface area contributed by atoms with Gasteiger partial charge in [0.05, 0.1) is 12.3 Å². The summed E-state index contributed by atoms with van der Waals surface area (Å²) in [5, 5.41) is 0. The molecule has 0 unspecified atom stereocenters. The molecule has 0 atom stereocenters. The van der Waals surface area contributed by atoms with E-state index in [-0.39, 0.29) is 0 Å². The fourth-order valence-corrected chi connectivity index (χ4v) is 1.80. The largest absolute Gasteiger partial charge is 0.378 e. The molecule has 1 heterocycles. The zero-order valence-electron chi connectivity index (χ0n) is 11.4. The average Bonchev–Trinajstić information content (AvgIpc) is 2.42. The third-order valence-electron chi connectivity index (χ3n) is 2.98. The number of nitrogens with one attached hydrogen (secondary N) is 1. The normalized spacial score (nSPS) is 10.5. The highest BCUT2D eigenvalue weighted by Gasteiger charge is 2.07.